The minimum Gasteiger partial charge on any atom is -0.388 e. The molecule has 45 heavy (non-hydrogen) atoms. The van der Waals surface area contributed by atoms with Gasteiger partial charge in [-0.05, 0) is 6.42 Å². The van der Waals surface area contributed by atoms with Crippen LogP contribution < -0.4 is 17.0 Å². The second-order valence-electron chi connectivity index (χ2n) is 10.6. The van der Waals surface area contributed by atoms with E-state index >= 15 is 0 Å². The number of nitrogens with zero attached hydrogens (tertiary/aromatic N) is 7. The highest BCUT2D eigenvalue weighted by Crippen LogP contribution is 2.55. The molecule has 4 aromatic heterocycles. The maximum absolute atomic E-state index is 13.1. The lowest BCUT2D eigenvalue weighted by Gasteiger charge is -2.28. The van der Waals surface area contributed by atoms with Crippen LogP contribution in [0, 0.1) is 5.92 Å². The van der Waals surface area contributed by atoms with E-state index in [-0.39, 0.29) is 40.5 Å². The van der Waals surface area contributed by atoms with Crippen molar-refractivity contribution < 1.29 is 52.0 Å². The number of hydrogen-bond acceptors (Lipinski definition) is 17. The largest absolute Gasteiger partial charge is 0.472 e. The van der Waals surface area contributed by atoms with Crippen LogP contribution in [0.4, 0.5) is 11.8 Å². The summed E-state index contributed by atoms with van der Waals surface area (Å²) in [6.45, 7) is -1.39. The summed E-state index contributed by atoms with van der Waals surface area (Å²) in [7, 11) is -9.94. The van der Waals surface area contributed by atoms with Gasteiger partial charge in [0.15, 0.2) is 28.9 Å². The Balaban J connectivity index is 1.17. The van der Waals surface area contributed by atoms with Crippen molar-refractivity contribution in [3.63, 3.8) is 0 Å². The summed E-state index contributed by atoms with van der Waals surface area (Å²) < 4.78 is 55.8. The highest BCUT2D eigenvalue weighted by molar-refractivity contribution is 7.47. The predicted octanol–water partition coefficient (Wildman–Crippen LogP) is -1.68. The summed E-state index contributed by atoms with van der Waals surface area (Å²) in [6.07, 6.45) is -5.53. The van der Waals surface area contributed by atoms with Crippen molar-refractivity contribution >= 4 is 49.7 Å². The molecule has 4 aromatic rings. The zero-order chi connectivity index (χ0) is 31.8. The fourth-order valence-corrected chi connectivity index (χ4v) is 7.86. The van der Waals surface area contributed by atoms with E-state index in [0.29, 0.717) is 0 Å². The average Bonchev–Trinajstić information content (AvgIpc) is 3.72. The lowest BCUT2D eigenvalue weighted by atomic mass is 10.1. The van der Waals surface area contributed by atoms with Gasteiger partial charge in [0.1, 0.15) is 42.4 Å². The number of aliphatic hydroxyl groups excluding tert-OH is 2. The lowest BCUT2D eigenvalue weighted by Crippen LogP contribution is -2.37. The SMILES string of the molecule is Nc1nc2c(ncn2[C@@H]2O[C@@H]3COP(=O)(O)O[C@@H]4C(O)[C@H](n5cnc6c(N)ncnc65)C[C@@H]4COP(=O)(O)OC3[C@@H]2O)c(=O)[nH]1. The molecule has 0 amide bonds. The maximum Gasteiger partial charge on any atom is 0.472 e. The third kappa shape index (κ3) is 5.32. The normalized spacial score (nSPS) is 37.7. The molecule has 22 nitrogen and oxygen atoms in total. The number of H-pyrrole nitrogens is 1. The van der Waals surface area contributed by atoms with Crippen LogP contribution in [0.1, 0.15) is 18.7 Å². The average molecular weight is 672 g/mol. The number of nitrogen functional groups attached to an aromatic ring is 2. The summed E-state index contributed by atoms with van der Waals surface area (Å²) in [5.41, 5.74) is 11.1. The van der Waals surface area contributed by atoms with Gasteiger partial charge in [0.05, 0.1) is 31.9 Å². The van der Waals surface area contributed by atoms with E-state index in [1.165, 1.54) is 17.2 Å². The first-order valence-electron chi connectivity index (χ1n) is 13.3. The Morgan fingerprint density at radius 3 is 2.36 bits per heavy atom. The fraction of sp³-hybridized carbons (Fsp3) is 0.524. The molecule has 6 heterocycles. The molecule has 0 aromatic carbocycles. The number of nitrogens with one attached hydrogen (secondary N) is 1. The molecule has 242 valence electrons. The van der Waals surface area contributed by atoms with Crippen LogP contribution in [-0.2, 0) is 32.0 Å². The quantitative estimate of drug-likeness (QED) is 0.117. The van der Waals surface area contributed by atoms with Crippen molar-refractivity contribution in [3.05, 3.63) is 29.3 Å². The second kappa shape index (κ2) is 10.9. The minimum absolute atomic E-state index is 0.00400. The van der Waals surface area contributed by atoms with E-state index in [4.69, 9.17) is 34.3 Å². The fourth-order valence-electron chi connectivity index (χ4n) is 5.85. The molecule has 3 fully saturated rings. The molecule has 24 heteroatoms. The minimum atomic E-state index is -4.98. The summed E-state index contributed by atoms with van der Waals surface area (Å²) >= 11 is 0. The van der Waals surface area contributed by atoms with Crippen molar-refractivity contribution in [2.45, 2.75) is 49.2 Å². The predicted molar refractivity (Wildman–Crippen MR) is 147 cm³/mol. The number of hydrogen-bond donors (Lipinski definition) is 7. The topological polar surface area (TPSA) is 320 Å². The highest BCUT2D eigenvalue weighted by atomic mass is 31.2. The number of rotatable bonds is 2. The number of imidazole rings is 2. The third-order valence-electron chi connectivity index (χ3n) is 7.88. The second-order valence-corrected chi connectivity index (χ2v) is 13.4. The summed E-state index contributed by atoms with van der Waals surface area (Å²) in [5.74, 6) is -1.11. The zero-order valence-corrected chi connectivity index (χ0v) is 24.5. The first-order valence-corrected chi connectivity index (χ1v) is 16.3. The van der Waals surface area contributed by atoms with E-state index in [2.05, 4.69) is 29.9 Å². The first kappa shape index (κ1) is 30.3. The number of fused-ring (bicyclic) bond motifs is 4. The highest BCUT2D eigenvalue weighted by Gasteiger charge is 2.53. The van der Waals surface area contributed by atoms with Crippen LogP contribution >= 0.6 is 15.6 Å². The van der Waals surface area contributed by atoms with Gasteiger partial charge in [-0.1, -0.05) is 0 Å². The molecular weight excluding hydrogens is 646 g/mol. The Labute approximate surface area is 250 Å². The summed E-state index contributed by atoms with van der Waals surface area (Å²) in [4.78, 5) is 56.0. The smallest absolute Gasteiger partial charge is 0.388 e. The van der Waals surface area contributed by atoms with E-state index in [9.17, 15) is 33.9 Å². The zero-order valence-electron chi connectivity index (χ0n) is 22.7. The molecule has 9 N–H and O–H groups in total. The van der Waals surface area contributed by atoms with Gasteiger partial charge >= 0.3 is 15.6 Å². The summed E-state index contributed by atoms with van der Waals surface area (Å²) in [6, 6.07) is -0.850. The molecule has 2 aliphatic heterocycles. The molecule has 0 bridgehead atoms. The molecule has 1 aliphatic carbocycles. The molecule has 0 spiro atoms. The Morgan fingerprint density at radius 2 is 1.58 bits per heavy atom. The van der Waals surface area contributed by atoms with E-state index < -0.39 is 83.1 Å². The van der Waals surface area contributed by atoms with Gasteiger partial charge in [-0.3, -0.25) is 32.4 Å². The van der Waals surface area contributed by atoms with Crippen molar-refractivity contribution in [2.75, 3.05) is 24.7 Å². The number of aliphatic hydroxyl groups is 2. The first-order chi connectivity index (χ1) is 21.3. The van der Waals surface area contributed by atoms with Crippen molar-refractivity contribution in [1.29, 1.82) is 0 Å². The number of nitrogens with two attached hydrogens (primary N) is 2. The van der Waals surface area contributed by atoms with Gasteiger partial charge < -0.3 is 40.8 Å². The third-order valence-corrected chi connectivity index (χ3v) is 9.85. The monoisotopic (exact) mass is 672 g/mol. The van der Waals surface area contributed by atoms with Crippen LogP contribution in [-0.4, -0.2) is 103 Å². The van der Waals surface area contributed by atoms with Gasteiger partial charge in [-0.25, -0.2) is 29.1 Å². The molecule has 4 unspecified atom stereocenters. The maximum atomic E-state index is 13.1. The van der Waals surface area contributed by atoms with Gasteiger partial charge in [-0.2, -0.15) is 4.98 Å². The molecule has 7 rings (SSSR count). The number of ether oxygens (including phenoxy) is 1. The number of aromatic amines is 1. The number of aromatic nitrogens is 8. The molecule has 3 aliphatic rings. The molecule has 1 saturated carbocycles. The lowest BCUT2D eigenvalue weighted by molar-refractivity contribution is -0.0606. The van der Waals surface area contributed by atoms with Crippen LogP contribution in [0.5, 0.6) is 0 Å². The molecule has 10 atom stereocenters. The van der Waals surface area contributed by atoms with E-state index in [1.54, 1.807) is 0 Å². The number of phosphoric acid groups is 2. The van der Waals surface area contributed by atoms with Gasteiger partial charge in [-0.15, -0.1) is 0 Å². The van der Waals surface area contributed by atoms with Crippen molar-refractivity contribution in [2.24, 2.45) is 5.92 Å². The Kier molecular flexibility index (Phi) is 7.30. The molecular formula is C21H26N10O12P2. The number of anilines is 2. The standard InChI is InChI=1S/C21H26N10O12P2/c22-16-10-17(25-4-24-16)30(5-26-10)8-1-7-2-39-44(35,36)43-15-9(3-40-45(37,38)42-14(7)12(8)32)41-20(13(15)33)31-6-27-11-18(31)28-21(23)29-19(11)34/h4-9,12-15,20,32-33H,1-3H2,(H,35,36)(H,37,38)(H2,22,24,25)(H3,23,28,29,34)/t7-,8-,9-,12?,13+,14+,15?,20-/m1/s1. The van der Waals surface area contributed by atoms with Crippen molar-refractivity contribution in [1.82, 2.24) is 39.0 Å². The van der Waals surface area contributed by atoms with Gasteiger partial charge in [0.2, 0.25) is 5.95 Å². The Morgan fingerprint density at radius 1 is 0.889 bits per heavy atom. The Hall–Kier alpha value is -3.40. The molecule has 0 radical (unpaired) electrons. The molecule has 2 saturated heterocycles. The van der Waals surface area contributed by atoms with Crippen LogP contribution in [0.15, 0.2) is 23.8 Å². The van der Waals surface area contributed by atoms with Crippen LogP contribution in [0.25, 0.3) is 22.3 Å². The van der Waals surface area contributed by atoms with Crippen LogP contribution in [0.3, 0.4) is 0 Å². The van der Waals surface area contributed by atoms with Gasteiger partial charge in [0.25, 0.3) is 5.56 Å². The van der Waals surface area contributed by atoms with E-state index in [0.717, 1.165) is 10.9 Å². The Bertz CT molecular complexity index is 1940. The summed E-state index contributed by atoms with van der Waals surface area (Å²) in [5, 5.41) is 22.4. The van der Waals surface area contributed by atoms with E-state index in [1.807, 2.05) is 0 Å². The van der Waals surface area contributed by atoms with Gasteiger partial charge in [0, 0.05) is 5.92 Å². The number of phosphoric ester groups is 2. The van der Waals surface area contributed by atoms with Crippen LogP contribution in [0.2, 0.25) is 0 Å². The van der Waals surface area contributed by atoms with Crippen molar-refractivity contribution in [3.8, 4) is 0 Å².